The van der Waals surface area contributed by atoms with Crippen LogP contribution in [0.5, 0.6) is 5.75 Å². The summed E-state index contributed by atoms with van der Waals surface area (Å²) < 4.78 is 5.48. The molecule has 2 rings (SSSR count). The summed E-state index contributed by atoms with van der Waals surface area (Å²) in [6.07, 6.45) is 3.16. The van der Waals surface area contributed by atoms with Crippen LogP contribution in [0.4, 0.5) is 0 Å². The van der Waals surface area contributed by atoms with E-state index >= 15 is 0 Å². The highest BCUT2D eigenvalue weighted by Gasteiger charge is 2.27. The lowest BCUT2D eigenvalue weighted by Crippen LogP contribution is -2.38. The Morgan fingerprint density at radius 2 is 2.26 bits per heavy atom. The molecule has 1 aliphatic heterocycles. The molecule has 0 radical (unpaired) electrons. The van der Waals surface area contributed by atoms with Crippen molar-refractivity contribution in [3.8, 4) is 5.75 Å². The molecule has 3 nitrogen and oxygen atoms in total. The van der Waals surface area contributed by atoms with Crippen LogP contribution in [-0.4, -0.2) is 30.0 Å². The number of halogens is 2. The molecule has 104 valence electrons. The van der Waals surface area contributed by atoms with Gasteiger partial charge in [-0.05, 0) is 37.5 Å². The number of likely N-dealkylation sites (tertiary alicyclic amines) is 1. The number of hydrogen-bond acceptors (Lipinski definition) is 2. The van der Waals surface area contributed by atoms with E-state index in [2.05, 4.69) is 6.92 Å². The van der Waals surface area contributed by atoms with Crippen LogP contribution >= 0.6 is 23.2 Å². The van der Waals surface area contributed by atoms with Crippen LogP contribution in [0.1, 0.15) is 26.2 Å². The molecule has 0 aromatic heterocycles. The van der Waals surface area contributed by atoms with Gasteiger partial charge >= 0.3 is 0 Å². The van der Waals surface area contributed by atoms with E-state index in [-0.39, 0.29) is 12.5 Å². The lowest BCUT2D eigenvalue weighted by Gasteiger charge is -2.23. The number of ether oxygens (including phenoxy) is 1. The minimum Gasteiger partial charge on any atom is -0.482 e. The highest BCUT2D eigenvalue weighted by Crippen LogP contribution is 2.28. The molecular formula is C14H17Cl2NO2. The van der Waals surface area contributed by atoms with Gasteiger partial charge in [0.2, 0.25) is 0 Å². The summed E-state index contributed by atoms with van der Waals surface area (Å²) >= 11 is 11.8. The molecule has 1 saturated heterocycles. The van der Waals surface area contributed by atoms with Crippen LogP contribution in [0.3, 0.4) is 0 Å². The number of hydrogen-bond donors (Lipinski definition) is 0. The van der Waals surface area contributed by atoms with Gasteiger partial charge in [-0.1, -0.05) is 30.1 Å². The first kappa shape index (κ1) is 14.5. The van der Waals surface area contributed by atoms with Crippen molar-refractivity contribution in [1.82, 2.24) is 4.90 Å². The molecule has 0 N–H and O–H groups in total. The standard InChI is InChI=1S/C14H17Cl2NO2/c1-2-11-4-3-7-17(11)14(18)9-19-13-6-5-10(15)8-12(13)16/h5-6,8,11H,2-4,7,9H2,1H3. The summed E-state index contributed by atoms with van der Waals surface area (Å²) in [4.78, 5) is 14.0. The lowest BCUT2D eigenvalue weighted by atomic mass is 10.2. The third-order valence-corrected chi connectivity index (χ3v) is 3.94. The first-order valence-electron chi connectivity index (χ1n) is 6.49. The van der Waals surface area contributed by atoms with Gasteiger partial charge in [-0.3, -0.25) is 4.79 Å². The molecule has 1 unspecified atom stereocenters. The highest BCUT2D eigenvalue weighted by atomic mass is 35.5. The average Bonchev–Trinajstić information content (AvgIpc) is 2.85. The molecule has 1 aromatic rings. The van der Waals surface area contributed by atoms with Gasteiger partial charge in [-0.15, -0.1) is 0 Å². The third kappa shape index (κ3) is 3.54. The van der Waals surface area contributed by atoms with Gasteiger partial charge < -0.3 is 9.64 Å². The topological polar surface area (TPSA) is 29.5 Å². The zero-order chi connectivity index (χ0) is 13.8. The molecule has 19 heavy (non-hydrogen) atoms. The minimum absolute atomic E-state index is 0.0235. The van der Waals surface area contributed by atoms with Crippen LogP contribution in [0.15, 0.2) is 18.2 Å². The summed E-state index contributed by atoms with van der Waals surface area (Å²) in [6.45, 7) is 2.96. The molecule has 0 aliphatic carbocycles. The van der Waals surface area contributed by atoms with Gasteiger partial charge in [0, 0.05) is 17.6 Å². The highest BCUT2D eigenvalue weighted by molar-refractivity contribution is 6.35. The van der Waals surface area contributed by atoms with Crippen molar-refractivity contribution >= 4 is 29.1 Å². The van der Waals surface area contributed by atoms with Gasteiger partial charge in [0.1, 0.15) is 5.75 Å². The van der Waals surface area contributed by atoms with E-state index in [4.69, 9.17) is 27.9 Å². The quantitative estimate of drug-likeness (QED) is 0.847. The third-order valence-electron chi connectivity index (χ3n) is 3.41. The van der Waals surface area contributed by atoms with Crippen LogP contribution in [0.25, 0.3) is 0 Å². The van der Waals surface area contributed by atoms with E-state index in [1.165, 1.54) is 0 Å². The zero-order valence-corrected chi connectivity index (χ0v) is 12.4. The van der Waals surface area contributed by atoms with Crippen molar-refractivity contribution in [3.63, 3.8) is 0 Å². The smallest absolute Gasteiger partial charge is 0.260 e. The molecule has 0 saturated carbocycles. The number of carbonyl (C=O) groups excluding carboxylic acids is 1. The SMILES string of the molecule is CCC1CCCN1C(=O)COc1ccc(Cl)cc1Cl. The Labute approximate surface area is 123 Å². The fourth-order valence-electron chi connectivity index (χ4n) is 2.40. The molecule has 1 heterocycles. The number of carbonyl (C=O) groups is 1. The Kier molecular flexibility index (Phi) is 4.94. The molecule has 1 aliphatic rings. The molecule has 1 atom stereocenters. The molecule has 0 spiro atoms. The maximum atomic E-state index is 12.1. The molecule has 1 aromatic carbocycles. The van der Waals surface area contributed by atoms with E-state index in [1.54, 1.807) is 18.2 Å². The van der Waals surface area contributed by atoms with E-state index < -0.39 is 0 Å². The fourth-order valence-corrected chi connectivity index (χ4v) is 2.87. The maximum Gasteiger partial charge on any atom is 0.260 e. The number of rotatable bonds is 4. The van der Waals surface area contributed by atoms with Crippen molar-refractivity contribution in [2.45, 2.75) is 32.2 Å². The molecule has 1 fully saturated rings. The lowest BCUT2D eigenvalue weighted by molar-refractivity contribution is -0.134. The summed E-state index contributed by atoms with van der Waals surface area (Å²) in [5.41, 5.74) is 0. The van der Waals surface area contributed by atoms with Crippen LogP contribution in [0, 0.1) is 0 Å². The Bertz CT molecular complexity index is 465. The summed E-state index contributed by atoms with van der Waals surface area (Å²) in [7, 11) is 0. The first-order chi connectivity index (χ1) is 9.11. The molecular weight excluding hydrogens is 285 g/mol. The van der Waals surface area contributed by atoms with E-state index in [1.807, 2.05) is 4.90 Å². The van der Waals surface area contributed by atoms with Crippen LogP contribution in [0.2, 0.25) is 10.0 Å². The molecule has 1 amide bonds. The molecule has 5 heteroatoms. The van der Waals surface area contributed by atoms with Crippen LogP contribution in [-0.2, 0) is 4.79 Å². The van der Waals surface area contributed by atoms with Gasteiger partial charge in [0.15, 0.2) is 6.61 Å². The van der Waals surface area contributed by atoms with Crippen molar-refractivity contribution in [2.75, 3.05) is 13.2 Å². The Balaban J connectivity index is 1.93. The van der Waals surface area contributed by atoms with E-state index in [9.17, 15) is 4.79 Å². The van der Waals surface area contributed by atoms with Gasteiger partial charge in [0.05, 0.1) is 5.02 Å². The monoisotopic (exact) mass is 301 g/mol. The Morgan fingerprint density at radius 1 is 1.47 bits per heavy atom. The Morgan fingerprint density at radius 3 is 2.95 bits per heavy atom. The maximum absolute atomic E-state index is 12.1. The predicted octanol–water partition coefficient (Wildman–Crippen LogP) is 3.77. The van der Waals surface area contributed by atoms with Gasteiger partial charge in [-0.25, -0.2) is 0 Å². The van der Waals surface area contributed by atoms with Crippen molar-refractivity contribution in [3.05, 3.63) is 28.2 Å². The zero-order valence-electron chi connectivity index (χ0n) is 10.9. The van der Waals surface area contributed by atoms with Crippen LogP contribution < -0.4 is 4.74 Å². The Hall–Kier alpha value is -0.930. The van der Waals surface area contributed by atoms with E-state index in [0.717, 1.165) is 25.8 Å². The second-order valence-electron chi connectivity index (χ2n) is 4.65. The summed E-state index contributed by atoms with van der Waals surface area (Å²) in [5, 5.41) is 0.975. The minimum atomic E-state index is 0.0235. The first-order valence-corrected chi connectivity index (χ1v) is 7.24. The second-order valence-corrected chi connectivity index (χ2v) is 5.50. The summed E-state index contributed by atoms with van der Waals surface area (Å²) in [6, 6.07) is 5.34. The van der Waals surface area contributed by atoms with Gasteiger partial charge in [0.25, 0.3) is 5.91 Å². The fraction of sp³-hybridized carbons (Fsp3) is 0.500. The van der Waals surface area contributed by atoms with Crippen molar-refractivity contribution in [2.24, 2.45) is 0 Å². The average molecular weight is 302 g/mol. The van der Waals surface area contributed by atoms with E-state index in [0.29, 0.717) is 21.8 Å². The second kappa shape index (κ2) is 6.49. The van der Waals surface area contributed by atoms with Crippen molar-refractivity contribution < 1.29 is 9.53 Å². The largest absolute Gasteiger partial charge is 0.482 e. The number of nitrogens with zero attached hydrogens (tertiary/aromatic N) is 1. The van der Waals surface area contributed by atoms with Gasteiger partial charge in [-0.2, -0.15) is 0 Å². The number of amides is 1. The molecule has 0 bridgehead atoms. The predicted molar refractivity (Wildman–Crippen MR) is 77.0 cm³/mol. The van der Waals surface area contributed by atoms with Crippen molar-refractivity contribution in [1.29, 1.82) is 0 Å². The normalized spacial score (nSPS) is 18.7. The summed E-state index contributed by atoms with van der Waals surface area (Å²) in [5.74, 6) is 0.516. The number of benzene rings is 1.